The maximum Gasteiger partial charge on any atom is 0.490 e. The number of carbonyl (C=O) groups excluding carboxylic acids is 1. The first kappa shape index (κ1) is 53.1. The van der Waals surface area contributed by atoms with Crippen molar-refractivity contribution in [2.45, 2.75) is 90.7 Å². The van der Waals surface area contributed by atoms with E-state index in [9.17, 15) is 31.1 Å². The molecule has 0 fully saturated rings. The van der Waals surface area contributed by atoms with Gasteiger partial charge in [-0.3, -0.25) is 0 Å². The molecule has 306 valence electrons. The second-order valence-electron chi connectivity index (χ2n) is 10.2. The molecule has 0 saturated carbocycles. The summed E-state index contributed by atoms with van der Waals surface area (Å²) in [4.78, 5) is 27.8. The Balaban J connectivity index is -0.000000747. The van der Waals surface area contributed by atoms with Crippen molar-refractivity contribution in [2.75, 3.05) is 25.3 Å². The van der Waals surface area contributed by atoms with E-state index in [2.05, 4.69) is 54.0 Å². The lowest BCUT2D eigenvalue weighted by Crippen LogP contribution is -2.27. The summed E-state index contributed by atoms with van der Waals surface area (Å²) in [5.74, 6) is -3.97. The average Bonchev–Trinajstić information content (AvgIpc) is 3.13. The van der Waals surface area contributed by atoms with Gasteiger partial charge in [-0.1, -0.05) is 88.4 Å². The van der Waals surface area contributed by atoms with E-state index in [0.717, 1.165) is 45.6 Å². The smallest absolute Gasteiger partial charge is 0.462 e. The number of halogens is 6. The molecule has 3 rings (SSSR count). The fraction of sp³-hybridized carbons (Fsp3) is 0.471. The maximum atomic E-state index is 12.7. The number of anilines is 2. The van der Waals surface area contributed by atoms with Gasteiger partial charge in [0, 0.05) is 13.2 Å². The van der Waals surface area contributed by atoms with E-state index in [1.807, 2.05) is 69.3 Å². The number of esters is 1. The highest BCUT2D eigenvalue weighted by Gasteiger charge is 2.40. The van der Waals surface area contributed by atoms with Crippen molar-refractivity contribution in [3.05, 3.63) is 77.6 Å². The number of nitrogen functional groups attached to an aromatic ring is 1. The highest BCUT2D eigenvalue weighted by molar-refractivity contribution is 5.92. The third kappa shape index (κ3) is 24.9. The summed E-state index contributed by atoms with van der Waals surface area (Å²) in [6.07, 6.45) is -4.42. The number of rotatable bonds is 11. The Labute approximate surface area is 311 Å². The minimum atomic E-state index is -4.85. The van der Waals surface area contributed by atoms with Gasteiger partial charge in [0.25, 0.3) is 0 Å². The molecule has 14 nitrogen and oxygen atoms in total. The largest absolute Gasteiger partial charge is 0.490 e. The summed E-state index contributed by atoms with van der Waals surface area (Å²) in [5.41, 5.74) is 23.9. The molecule has 0 aliphatic rings. The van der Waals surface area contributed by atoms with Crippen molar-refractivity contribution in [1.29, 1.82) is 0 Å². The normalized spacial score (nSPS) is 11.7. The van der Waals surface area contributed by atoms with Crippen LogP contribution in [-0.4, -0.2) is 75.9 Å². The number of nitrogens with one attached hydrogen (secondary N) is 1. The molecule has 1 heterocycles. The number of aromatic nitrogens is 3. The lowest BCUT2D eigenvalue weighted by atomic mass is 10.0. The summed E-state index contributed by atoms with van der Waals surface area (Å²) in [7, 11) is 1.68. The third-order valence-corrected chi connectivity index (χ3v) is 6.41. The Hall–Kier alpha value is -5.24. The molecule has 2 atom stereocenters. The van der Waals surface area contributed by atoms with Crippen molar-refractivity contribution in [1.82, 2.24) is 15.0 Å². The molecule has 0 amide bonds. The number of nitrogens with zero attached hydrogens (tertiary/aromatic N) is 5. The summed E-state index contributed by atoms with van der Waals surface area (Å²) >= 11 is 0. The third-order valence-electron chi connectivity index (χ3n) is 6.41. The number of carbonyl (C=O) groups is 1. The molecule has 54 heavy (non-hydrogen) atoms. The van der Waals surface area contributed by atoms with Gasteiger partial charge in [-0.2, -0.15) is 46.3 Å². The Morgan fingerprint density at radius 1 is 0.833 bits per heavy atom. The van der Waals surface area contributed by atoms with E-state index in [4.69, 9.17) is 28.0 Å². The minimum absolute atomic E-state index is 0. The minimum Gasteiger partial charge on any atom is -0.462 e. The average molecular weight is 781 g/mol. The number of methoxy groups -OCH3 is 1. The van der Waals surface area contributed by atoms with E-state index >= 15 is 0 Å². The Morgan fingerprint density at radius 2 is 1.31 bits per heavy atom. The number of aliphatic hydroxyl groups is 1. The van der Waals surface area contributed by atoms with Crippen LogP contribution in [0.4, 0.5) is 38.2 Å². The van der Waals surface area contributed by atoms with Gasteiger partial charge in [0.05, 0.1) is 13.2 Å². The van der Waals surface area contributed by atoms with Crippen LogP contribution in [0.2, 0.25) is 0 Å². The standard InChI is InChI=1S/C15H18F3N5.C13H21N5.C3H3F3O2.C2H6.CH4O.H2O/c1-2-11(9-8-10-6-4-3-5-7-10)20-14-22-12(15(16,17)18)21-13(19)23-14;1-2-11(17-13(16)18-12(14)15)9-8-10-6-4-3-5-7-10;1-8-2(7)3(4,5)6;2*1-2;/h3-7,11H,2,8-9H2,1H3,(H3,19,20,21,22,23);3-7,11H,2,8-9H2,1H3,(H6,14,15,16,17,18);1H3;1-2H3;2H,1H3;1H2. The summed E-state index contributed by atoms with van der Waals surface area (Å²) in [5, 5.41) is 9.91. The van der Waals surface area contributed by atoms with Crippen LogP contribution >= 0.6 is 0 Å². The van der Waals surface area contributed by atoms with Gasteiger partial charge in [0.2, 0.25) is 23.7 Å². The van der Waals surface area contributed by atoms with E-state index in [1.54, 1.807) is 0 Å². The van der Waals surface area contributed by atoms with Gasteiger partial charge >= 0.3 is 18.3 Å². The van der Waals surface area contributed by atoms with E-state index < -0.39 is 30.1 Å². The van der Waals surface area contributed by atoms with Crippen molar-refractivity contribution in [3.8, 4) is 0 Å². The van der Waals surface area contributed by atoms with Crippen LogP contribution in [0, 0.1) is 0 Å². The fourth-order valence-electron chi connectivity index (χ4n) is 3.93. The molecular weight excluding hydrogens is 726 g/mol. The van der Waals surface area contributed by atoms with Gasteiger partial charge in [-0.25, -0.2) is 9.79 Å². The van der Waals surface area contributed by atoms with E-state index in [0.29, 0.717) is 7.11 Å². The molecule has 12 N–H and O–H groups in total. The van der Waals surface area contributed by atoms with Crippen molar-refractivity contribution in [3.63, 3.8) is 0 Å². The zero-order chi connectivity index (χ0) is 41.0. The highest BCUT2D eigenvalue weighted by Crippen LogP contribution is 2.27. The van der Waals surface area contributed by atoms with Crippen molar-refractivity contribution < 1.29 is 46.5 Å². The molecular formula is C34H54F6N10O4. The van der Waals surface area contributed by atoms with Crippen LogP contribution in [0.1, 0.15) is 70.3 Å². The predicted octanol–water partition coefficient (Wildman–Crippen LogP) is 4.81. The number of guanidine groups is 2. The topological polar surface area (TPSA) is 258 Å². The van der Waals surface area contributed by atoms with Gasteiger partial charge in [-0.05, 0) is 49.7 Å². The van der Waals surface area contributed by atoms with E-state index in [1.165, 1.54) is 11.1 Å². The molecule has 0 radical (unpaired) electrons. The van der Waals surface area contributed by atoms with Crippen LogP contribution in [0.25, 0.3) is 0 Å². The van der Waals surface area contributed by atoms with Crippen molar-refractivity contribution >= 4 is 29.8 Å². The second-order valence-corrected chi connectivity index (χ2v) is 10.2. The summed E-state index contributed by atoms with van der Waals surface area (Å²) in [6.45, 7) is 8.01. The van der Waals surface area contributed by atoms with Crippen LogP contribution < -0.4 is 28.3 Å². The number of nitrogens with two attached hydrogens (primary N) is 4. The highest BCUT2D eigenvalue weighted by atomic mass is 19.4. The van der Waals surface area contributed by atoms with Gasteiger partial charge in [-0.15, -0.1) is 0 Å². The van der Waals surface area contributed by atoms with Crippen molar-refractivity contribution in [2.24, 2.45) is 27.2 Å². The van der Waals surface area contributed by atoms with E-state index in [-0.39, 0.29) is 35.4 Å². The number of aliphatic hydroxyl groups excluding tert-OH is 1. The number of benzene rings is 2. The van der Waals surface area contributed by atoms with Crippen LogP contribution in [0.15, 0.2) is 70.6 Å². The molecule has 20 heteroatoms. The zero-order valence-corrected chi connectivity index (χ0v) is 31.2. The van der Waals surface area contributed by atoms with Crippen LogP contribution in [-0.2, 0) is 28.5 Å². The Kier molecular flexibility index (Phi) is 28.8. The molecule has 0 spiro atoms. The molecule has 0 saturated heterocycles. The predicted molar refractivity (Wildman–Crippen MR) is 199 cm³/mol. The molecule has 2 aromatic carbocycles. The molecule has 0 aliphatic carbocycles. The fourth-order valence-corrected chi connectivity index (χ4v) is 3.93. The number of aryl methyl sites for hydroxylation is 2. The summed E-state index contributed by atoms with van der Waals surface area (Å²) in [6, 6.07) is 20.2. The monoisotopic (exact) mass is 780 g/mol. The van der Waals surface area contributed by atoms with Crippen LogP contribution in [0.3, 0.4) is 0 Å². The lowest BCUT2D eigenvalue weighted by Gasteiger charge is -2.17. The first-order chi connectivity index (χ1) is 25.0. The van der Waals surface area contributed by atoms with Gasteiger partial charge < -0.3 is 43.6 Å². The number of ether oxygens (including phenoxy) is 1. The van der Waals surface area contributed by atoms with Gasteiger partial charge in [0.15, 0.2) is 5.96 Å². The second kappa shape index (κ2) is 29.2. The van der Waals surface area contributed by atoms with Crippen LogP contribution in [0.5, 0.6) is 0 Å². The number of alkyl halides is 6. The first-order valence-electron chi connectivity index (χ1n) is 16.4. The lowest BCUT2D eigenvalue weighted by molar-refractivity contribution is -0.196. The number of hydrogen-bond acceptors (Lipinski definition) is 9. The number of hydrogen-bond donors (Lipinski definition) is 6. The molecule has 0 aliphatic heterocycles. The Bertz CT molecular complexity index is 1460. The quantitative estimate of drug-likeness (QED) is 0.0666. The molecule has 3 aromatic rings. The first-order valence-corrected chi connectivity index (χ1v) is 16.4. The van der Waals surface area contributed by atoms with Gasteiger partial charge in [0.1, 0.15) is 0 Å². The number of aliphatic imine (C=N–C) groups is 2. The molecule has 1 aromatic heterocycles. The summed E-state index contributed by atoms with van der Waals surface area (Å²) < 4.78 is 74.4. The maximum absolute atomic E-state index is 12.7. The SMILES string of the molecule is CC.CCC(CCc1ccccc1)N=C(N)N=C(N)N.CCC(CCc1ccccc1)Nc1nc(N)nc(C(F)(F)F)n1.CO.COC(=O)C(F)(F)F.O. The molecule has 2 unspecified atom stereocenters. The Morgan fingerprint density at radius 3 is 1.69 bits per heavy atom. The molecule has 0 bridgehead atoms. The zero-order valence-electron chi connectivity index (χ0n) is 31.2.